The van der Waals surface area contributed by atoms with Crippen LogP contribution in [0.3, 0.4) is 0 Å². The SMILES string of the molecule is Cc1ccc2[se]c(O)c(-c3ccccc3)c(=O)c2c1. The zero-order valence-corrected chi connectivity index (χ0v) is 12.1. The zero-order valence-electron chi connectivity index (χ0n) is 10.4. The Morgan fingerprint density at radius 1 is 1.05 bits per heavy atom. The van der Waals surface area contributed by atoms with Gasteiger partial charge in [0, 0.05) is 0 Å². The monoisotopic (exact) mass is 316 g/mol. The molecule has 1 aromatic heterocycles. The molecule has 0 saturated heterocycles. The first kappa shape index (κ1) is 12.2. The Labute approximate surface area is 116 Å². The first-order valence-corrected chi connectivity index (χ1v) is 7.70. The van der Waals surface area contributed by atoms with Crippen molar-refractivity contribution in [1.29, 1.82) is 0 Å². The molecule has 0 atom stereocenters. The number of rotatable bonds is 1. The van der Waals surface area contributed by atoms with Gasteiger partial charge in [-0.05, 0) is 0 Å². The van der Waals surface area contributed by atoms with E-state index >= 15 is 0 Å². The van der Waals surface area contributed by atoms with Crippen LogP contribution >= 0.6 is 0 Å². The summed E-state index contributed by atoms with van der Waals surface area (Å²) in [6, 6.07) is 15.2. The van der Waals surface area contributed by atoms with Crippen molar-refractivity contribution in [1.82, 2.24) is 0 Å². The predicted molar refractivity (Wildman–Crippen MR) is 79.0 cm³/mol. The molecule has 3 rings (SSSR count). The second-order valence-corrected chi connectivity index (χ2v) is 6.64. The summed E-state index contributed by atoms with van der Waals surface area (Å²) in [4.78, 5) is 12.6. The number of hydrogen-bond acceptors (Lipinski definition) is 2. The fourth-order valence-corrected chi connectivity index (χ4v) is 4.08. The average molecular weight is 315 g/mol. The minimum absolute atomic E-state index is 0.0736. The molecule has 0 bridgehead atoms. The van der Waals surface area contributed by atoms with Crippen molar-refractivity contribution in [3.63, 3.8) is 0 Å². The van der Waals surface area contributed by atoms with E-state index in [0.717, 1.165) is 20.8 Å². The molecule has 0 unspecified atom stereocenters. The average Bonchev–Trinajstić information content (AvgIpc) is 2.41. The van der Waals surface area contributed by atoms with E-state index < -0.39 is 0 Å². The van der Waals surface area contributed by atoms with Gasteiger partial charge in [-0.2, -0.15) is 0 Å². The first-order valence-electron chi connectivity index (χ1n) is 5.98. The van der Waals surface area contributed by atoms with Gasteiger partial charge in [-0.25, -0.2) is 0 Å². The third-order valence-corrected chi connectivity index (χ3v) is 5.13. The molecule has 3 heteroatoms. The van der Waals surface area contributed by atoms with Gasteiger partial charge in [0.1, 0.15) is 0 Å². The molecule has 2 aromatic carbocycles. The van der Waals surface area contributed by atoms with E-state index in [2.05, 4.69) is 0 Å². The molecule has 2 nitrogen and oxygen atoms in total. The van der Waals surface area contributed by atoms with Crippen LogP contribution in [-0.2, 0) is 0 Å². The van der Waals surface area contributed by atoms with Crippen LogP contribution in [-0.4, -0.2) is 19.6 Å². The maximum atomic E-state index is 12.6. The van der Waals surface area contributed by atoms with Gasteiger partial charge in [-0.15, -0.1) is 0 Å². The van der Waals surface area contributed by atoms with E-state index in [1.54, 1.807) is 0 Å². The molecule has 0 fully saturated rings. The van der Waals surface area contributed by atoms with Crippen molar-refractivity contribution < 1.29 is 5.11 Å². The Hall–Kier alpha value is -1.83. The molecule has 94 valence electrons. The third-order valence-electron chi connectivity index (χ3n) is 3.09. The van der Waals surface area contributed by atoms with Crippen LogP contribution in [0.25, 0.3) is 20.8 Å². The predicted octanol–water partition coefficient (Wildman–Crippen LogP) is 2.94. The molecule has 0 spiro atoms. The number of hydrogen-bond donors (Lipinski definition) is 1. The van der Waals surface area contributed by atoms with Gasteiger partial charge in [-0.3, -0.25) is 0 Å². The van der Waals surface area contributed by atoms with Crippen molar-refractivity contribution in [3.8, 4) is 15.8 Å². The summed E-state index contributed by atoms with van der Waals surface area (Å²) in [5.41, 5.74) is 2.24. The second kappa shape index (κ2) is 4.69. The summed E-state index contributed by atoms with van der Waals surface area (Å²) in [6.07, 6.45) is 0. The standard InChI is InChI=1S/C16H12O2Se/c1-10-7-8-13-12(9-10)15(17)14(16(18)19-13)11-5-3-2-4-6-11/h2-9,18H,1H3. The molecule has 1 heterocycles. The molecule has 0 aliphatic heterocycles. The Morgan fingerprint density at radius 2 is 1.79 bits per heavy atom. The number of benzene rings is 2. The molecule has 19 heavy (non-hydrogen) atoms. The molecule has 0 amide bonds. The van der Waals surface area contributed by atoms with Crippen molar-refractivity contribution in [3.05, 3.63) is 64.3 Å². The van der Waals surface area contributed by atoms with Crippen molar-refractivity contribution in [2.24, 2.45) is 0 Å². The van der Waals surface area contributed by atoms with Crippen molar-refractivity contribution in [2.75, 3.05) is 0 Å². The minimum atomic E-state index is -0.192. The van der Waals surface area contributed by atoms with Crippen LogP contribution in [0.2, 0.25) is 0 Å². The number of aryl methyl sites for hydroxylation is 1. The van der Waals surface area contributed by atoms with Gasteiger partial charge in [0.05, 0.1) is 0 Å². The van der Waals surface area contributed by atoms with Gasteiger partial charge in [0.2, 0.25) is 0 Å². The Morgan fingerprint density at radius 3 is 2.53 bits per heavy atom. The van der Waals surface area contributed by atoms with Gasteiger partial charge in [0.15, 0.2) is 0 Å². The van der Waals surface area contributed by atoms with Crippen LogP contribution in [0.5, 0.6) is 4.62 Å². The fraction of sp³-hybridized carbons (Fsp3) is 0.0625. The summed E-state index contributed by atoms with van der Waals surface area (Å²) in [6.45, 7) is 1.97. The molecular formula is C16H12O2Se. The first-order chi connectivity index (χ1) is 9.16. The van der Waals surface area contributed by atoms with Crippen LogP contribution < -0.4 is 5.43 Å². The molecule has 0 saturated carbocycles. The second-order valence-electron chi connectivity index (χ2n) is 4.48. The van der Waals surface area contributed by atoms with Crippen LogP contribution in [0.4, 0.5) is 0 Å². The van der Waals surface area contributed by atoms with E-state index in [9.17, 15) is 9.90 Å². The van der Waals surface area contributed by atoms with Gasteiger partial charge in [0.25, 0.3) is 0 Å². The zero-order chi connectivity index (χ0) is 13.4. The van der Waals surface area contributed by atoms with E-state index in [-0.39, 0.29) is 24.6 Å². The molecule has 0 aliphatic rings. The van der Waals surface area contributed by atoms with Gasteiger partial charge < -0.3 is 0 Å². The van der Waals surface area contributed by atoms with Crippen LogP contribution in [0, 0.1) is 6.92 Å². The molecule has 0 radical (unpaired) electrons. The number of fused-ring (bicyclic) bond motifs is 1. The molecule has 1 N–H and O–H groups in total. The van der Waals surface area contributed by atoms with E-state index in [1.165, 1.54) is 0 Å². The third kappa shape index (κ3) is 2.12. The fourth-order valence-electron chi connectivity index (χ4n) is 2.16. The van der Waals surface area contributed by atoms with Gasteiger partial charge in [-0.1, -0.05) is 0 Å². The quantitative estimate of drug-likeness (QED) is 0.701. The Bertz CT molecular complexity index is 804. The van der Waals surface area contributed by atoms with E-state index in [0.29, 0.717) is 5.56 Å². The van der Waals surface area contributed by atoms with Crippen molar-refractivity contribution in [2.45, 2.75) is 6.92 Å². The maximum absolute atomic E-state index is 12.6. The van der Waals surface area contributed by atoms with Crippen LogP contribution in [0.1, 0.15) is 5.56 Å². The topological polar surface area (TPSA) is 37.3 Å². The van der Waals surface area contributed by atoms with Crippen LogP contribution in [0.15, 0.2) is 53.3 Å². The Balaban J connectivity index is 2.41. The summed E-state index contributed by atoms with van der Waals surface area (Å²) in [5, 5.41) is 10.9. The number of aromatic hydroxyl groups is 1. The Kier molecular flexibility index (Phi) is 3.01. The van der Waals surface area contributed by atoms with E-state index in [4.69, 9.17) is 0 Å². The van der Waals surface area contributed by atoms with Gasteiger partial charge >= 0.3 is 116 Å². The van der Waals surface area contributed by atoms with Crippen molar-refractivity contribution >= 4 is 24.1 Å². The molecule has 3 aromatic rings. The summed E-state index contributed by atoms with van der Waals surface area (Å²) in [5.74, 6) is 0. The summed E-state index contributed by atoms with van der Waals surface area (Å²) in [7, 11) is 0. The molecular weight excluding hydrogens is 303 g/mol. The van der Waals surface area contributed by atoms with E-state index in [1.807, 2.05) is 55.5 Å². The molecule has 0 aliphatic carbocycles. The summed E-state index contributed by atoms with van der Waals surface area (Å²) >= 11 is -0.192. The normalized spacial score (nSPS) is 10.8. The summed E-state index contributed by atoms with van der Waals surface area (Å²) < 4.78 is 1.18.